The van der Waals surface area contributed by atoms with Gasteiger partial charge in [0.25, 0.3) is 5.91 Å². The fourth-order valence-corrected chi connectivity index (χ4v) is 2.92. The molecular formula is C16H24Cl2N2O2. The number of benzene rings is 1. The zero-order valence-electron chi connectivity index (χ0n) is 13.1. The van der Waals surface area contributed by atoms with Crippen LogP contribution in [0.3, 0.4) is 0 Å². The minimum absolute atomic E-state index is 0. The van der Waals surface area contributed by atoms with Gasteiger partial charge in [0.15, 0.2) is 0 Å². The maximum Gasteiger partial charge on any atom is 0.251 e. The van der Waals surface area contributed by atoms with E-state index in [1.807, 2.05) is 19.1 Å². The summed E-state index contributed by atoms with van der Waals surface area (Å²) in [5.74, 6) is -0.0779. The fourth-order valence-electron chi connectivity index (χ4n) is 2.74. The Kier molecular flexibility index (Phi) is 7.63. The number of methoxy groups -OCH3 is 1. The Morgan fingerprint density at radius 2 is 2.09 bits per heavy atom. The summed E-state index contributed by atoms with van der Waals surface area (Å²) in [6, 6.07) is 5.40. The van der Waals surface area contributed by atoms with Crippen LogP contribution in [-0.4, -0.2) is 39.3 Å². The number of amides is 1. The van der Waals surface area contributed by atoms with Crippen molar-refractivity contribution in [2.24, 2.45) is 5.41 Å². The van der Waals surface area contributed by atoms with Crippen LogP contribution in [0.25, 0.3) is 0 Å². The molecule has 0 atom stereocenters. The molecule has 1 saturated heterocycles. The van der Waals surface area contributed by atoms with Crippen molar-refractivity contribution in [2.45, 2.75) is 19.8 Å². The molecule has 2 N–H and O–H groups in total. The second-order valence-corrected chi connectivity index (χ2v) is 6.24. The van der Waals surface area contributed by atoms with Crippen LogP contribution in [0.5, 0.6) is 0 Å². The Hall–Kier alpha value is -0.810. The molecule has 0 aromatic heterocycles. The molecule has 1 aliphatic heterocycles. The van der Waals surface area contributed by atoms with Crippen LogP contribution in [0, 0.1) is 12.3 Å². The van der Waals surface area contributed by atoms with Gasteiger partial charge in [-0.3, -0.25) is 4.79 Å². The summed E-state index contributed by atoms with van der Waals surface area (Å²) < 4.78 is 5.36. The zero-order chi connectivity index (χ0) is 15.3. The molecule has 4 nitrogen and oxygen atoms in total. The highest BCUT2D eigenvalue weighted by Crippen LogP contribution is 2.28. The van der Waals surface area contributed by atoms with Gasteiger partial charge in [-0.2, -0.15) is 0 Å². The van der Waals surface area contributed by atoms with Gasteiger partial charge in [-0.25, -0.2) is 0 Å². The lowest BCUT2D eigenvalue weighted by atomic mass is 9.79. The Morgan fingerprint density at radius 1 is 1.41 bits per heavy atom. The highest BCUT2D eigenvalue weighted by atomic mass is 35.5. The van der Waals surface area contributed by atoms with E-state index in [-0.39, 0.29) is 23.7 Å². The van der Waals surface area contributed by atoms with Crippen molar-refractivity contribution >= 4 is 29.9 Å². The first-order valence-electron chi connectivity index (χ1n) is 7.30. The van der Waals surface area contributed by atoms with Crippen LogP contribution in [-0.2, 0) is 4.74 Å². The molecule has 0 spiro atoms. The minimum Gasteiger partial charge on any atom is -0.384 e. The third kappa shape index (κ3) is 4.85. The molecule has 1 aromatic carbocycles. The van der Waals surface area contributed by atoms with Gasteiger partial charge in [0.05, 0.1) is 6.61 Å². The van der Waals surface area contributed by atoms with Crippen LogP contribution in [0.15, 0.2) is 18.2 Å². The normalized spacial score (nSPS) is 16.7. The standard InChI is InChI=1S/C16H23ClN2O2.ClH/c1-12-3-4-13(9-14(12)17)15(20)19-10-16(11-21-2)5-7-18-8-6-16;/h3-4,9,18H,5-8,10-11H2,1-2H3,(H,19,20);1H. The summed E-state index contributed by atoms with van der Waals surface area (Å²) in [5.41, 5.74) is 1.61. The Morgan fingerprint density at radius 3 is 2.68 bits per heavy atom. The van der Waals surface area contributed by atoms with E-state index in [1.54, 1.807) is 13.2 Å². The first kappa shape index (κ1) is 19.2. The largest absolute Gasteiger partial charge is 0.384 e. The van der Waals surface area contributed by atoms with Crippen LogP contribution < -0.4 is 10.6 Å². The number of piperidine rings is 1. The van der Waals surface area contributed by atoms with E-state index in [9.17, 15) is 4.79 Å². The van der Waals surface area contributed by atoms with E-state index in [4.69, 9.17) is 16.3 Å². The van der Waals surface area contributed by atoms with Gasteiger partial charge in [-0.1, -0.05) is 17.7 Å². The van der Waals surface area contributed by atoms with Gasteiger partial charge < -0.3 is 15.4 Å². The molecule has 0 bridgehead atoms. The molecule has 1 fully saturated rings. The van der Waals surface area contributed by atoms with Crippen molar-refractivity contribution in [1.29, 1.82) is 0 Å². The van der Waals surface area contributed by atoms with Crippen LogP contribution in [0.2, 0.25) is 5.02 Å². The average Bonchev–Trinajstić information content (AvgIpc) is 2.49. The van der Waals surface area contributed by atoms with E-state index < -0.39 is 0 Å². The van der Waals surface area contributed by atoms with Gasteiger partial charge in [0.2, 0.25) is 0 Å². The Balaban J connectivity index is 0.00000242. The molecule has 1 aromatic rings. The zero-order valence-corrected chi connectivity index (χ0v) is 14.6. The van der Waals surface area contributed by atoms with Gasteiger partial charge in [-0.15, -0.1) is 12.4 Å². The van der Waals surface area contributed by atoms with Crippen molar-refractivity contribution in [3.05, 3.63) is 34.3 Å². The Bertz CT molecular complexity index is 497. The molecule has 22 heavy (non-hydrogen) atoms. The van der Waals surface area contributed by atoms with Crippen molar-refractivity contribution in [3.8, 4) is 0 Å². The molecule has 124 valence electrons. The average molecular weight is 347 g/mol. The number of rotatable bonds is 5. The summed E-state index contributed by atoms with van der Waals surface area (Å²) >= 11 is 6.08. The Labute approximate surface area is 143 Å². The molecule has 1 heterocycles. The lowest BCUT2D eigenvalue weighted by molar-refractivity contribution is 0.0512. The molecule has 0 unspecified atom stereocenters. The number of hydrogen-bond donors (Lipinski definition) is 2. The number of carbonyl (C=O) groups is 1. The van der Waals surface area contributed by atoms with Gasteiger partial charge >= 0.3 is 0 Å². The highest BCUT2D eigenvalue weighted by Gasteiger charge is 2.32. The number of carbonyl (C=O) groups excluding carboxylic acids is 1. The molecule has 0 radical (unpaired) electrons. The molecule has 1 amide bonds. The van der Waals surface area contributed by atoms with E-state index >= 15 is 0 Å². The van der Waals surface area contributed by atoms with Crippen molar-refractivity contribution < 1.29 is 9.53 Å². The lowest BCUT2D eigenvalue weighted by Crippen LogP contribution is -2.47. The topological polar surface area (TPSA) is 50.4 Å². The quantitative estimate of drug-likeness (QED) is 0.861. The van der Waals surface area contributed by atoms with Gasteiger partial charge in [-0.05, 0) is 50.6 Å². The molecule has 2 rings (SSSR count). The number of nitrogens with one attached hydrogen (secondary N) is 2. The van der Waals surface area contributed by atoms with Crippen molar-refractivity contribution in [2.75, 3.05) is 33.4 Å². The second-order valence-electron chi connectivity index (χ2n) is 5.83. The van der Waals surface area contributed by atoms with E-state index in [0.717, 1.165) is 31.5 Å². The smallest absolute Gasteiger partial charge is 0.251 e. The summed E-state index contributed by atoms with van der Waals surface area (Å²) in [6.45, 7) is 5.16. The van der Waals surface area contributed by atoms with Crippen LogP contribution in [0.4, 0.5) is 0 Å². The van der Waals surface area contributed by atoms with Crippen molar-refractivity contribution in [3.63, 3.8) is 0 Å². The first-order valence-corrected chi connectivity index (χ1v) is 7.68. The third-order valence-electron chi connectivity index (χ3n) is 4.17. The van der Waals surface area contributed by atoms with Crippen molar-refractivity contribution in [1.82, 2.24) is 10.6 Å². The molecule has 6 heteroatoms. The highest BCUT2D eigenvalue weighted by molar-refractivity contribution is 6.31. The third-order valence-corrected chi connectivity index (χ3v) is 4.58. The number of aryl methyl sites for hydroxylation is 1. The summed E-state index contributed by atoms with van der Waals surface area (Å²) in [6.07, 6.45) is 2.02. The predicted molar refractivity (Wildman–Crippen MR) is 92.2 cm³/mol. The van der Waals surface area contributed by atoms with Crippen LogP contribution in [0.1, 0.15) is 28.8 Å². The molecule has 0 aliphatic carbocycles. The first-order chi connectivity index (χ1) is 10.1. The monoisotopic (exact) mass is 346 g/mol. The predicted octanol–water partition coefficient (Wildman–Crippen LogP) is 2.82. The van der Waals surface area contributed by atoms with Crippen LogP contribution >= 0.6 is 24.0 Å². The maximum atomic E-state index is 12.3. The number of ether oxygens (including phenoxy) is 1. The van der Waals surface area contributed by atoms with E-state index in [1.165, 1.54) is 0 Å². The summed E-state index contributed by atoms with van der Waals surface area (Å²) in [4.78, 5) is 12.3. The fraction of sp³-hybridized carbons (Fsp3) is 0.562. The number of halogens is 2. The molecular weight excluding hydrogens is 323 g/mol. The second kappa shape index (κ2) is 8.73. The summed E-state index contributed by atoms with van der Waals surface area (Å²) in [5, 5.41) is 7.00. The minimum atomic E-state index is -0.0779. The SMILES string of the molecule is COCC1(CNC(=O)c2ccc(C)c(Cl)c2)CCNCC1.Cl. The van der Waals surface area contributed by atoms with Gasteiger partial charge in [0.1, 0.15) is 0 Å². The lowest BCUT2D eigenvalue weighted by Gasteiger charge is -2.37. The van der Waals surface area contributed by atoms with E-state index in [2.05, 4.69) is 10.6 Å². The van der Waals surface area contributed by atoms with E-state index in [0.29, 0.717) is 23.7 Å². The van der Waals surface area contributed by atoms with Gasteiger partial charge in [0, 0.05) is 29.7 Å². The number of hydrogen-bond acceptors (Lipinski definition) is 3. The maximum absolute atomic E-state index is 12.3. The molecule has 1 aliphatic rings. The summed E-state index contributed by atoms with van der Waals surface area (Å²) in [7, 11) is 1.71. The molecule has 0 saturated carbocycles.